The number of fused-ring (bicyclic) bond motifs is 8. The summed E-state index contributed by atoms with van der Waals surface area (Å²) in [5.41, 5.74) is 8.82. The summed E-state index contributed by atoms with van der Waals surface area (Å²) in [6, 6.07) is 51.0. The maximum absolute atomic E-state index is 2.43. The average molecular weight is 558 g/mol. The van der Waals surface area contributed by atoms with Crippen LogP contribution in [0.4, 0.5) is 0 Å². The van der Waals surface area contributed by atoms with Crippen LogP contribution in [0.15, 0.2) is 140 Å². The molecule has 0 saturated heterocycles. The number of benzene rings is 6. The van der Waals surface area contributed by atoms with Gasteiger partial charge >= 0.3 is 0 Å². The molecule has 0 spiro atoms. The minimum Gasteiger partial charge on any atom is -0.308 e. The highest BCUT2D eigenvalue weighted by Gasteiger charge is 2.18. The molecule has 0 fully saturated rings. The summed E-state index contributed by atoms with van der Waals surface area (Å²) in [6.45, 7) is 0. The van der Waals surface area contributed by atoms with E-state index in [1.807, 2.05) is 22.7 Å². The van der Waals surface area contributed by atoms with Gasteiger partial charge in [-0.25, -0.2) is 0 Å². The molecule has 0 aliphatic heterocycles. The molecule has 0 atom stereocenters. The van der Waals surface area contributed by atoms with Crippen LogP contribution in [0.5, 0.6) is 0 Å². The van der Waals surface area contributed by atoms with E-state index in [9.17, 15) is 0 Å². The Bertz CT molecular complexity index is 2420. The summed E-state index contributed by atoms with van der Waals surface area (Å²) in [5.74, 6) is 0. The Balaban J connectivity index is 1.22. The lowest BCUT2D eigenvalue weighted by Crippen LogP contribution is -1.92. The Kier molecular flexibility index (Phi) is 5.00. The molecule has 3 aromatic heterocycles. The molecule has 0 aliphatic rings. The minimum absolute atomic E-state index is 1.20. The van der Waals surface area contributed by atoms with E-state index in [0.29, 0.717) is 0 Å². The van der Waals surface area contributed by atoms with Crippen molar-refractivity contribution in [3.63, 3.8) is 0 Å². The maximum atomic E-state index is 2.43. The molecular formula is C38H23NS2. The third-order valence-corrected chi connectivity index (χ3v) is 10.6. The van der Waals surface area contributed by atoms with Gasteiger partial charge in [-0.05, 0) is 58.7 Å². The van der Waals surface area contributed by atoms with E-state index in [1.165, 1.54) is 79.3 Å². The topological polar surface area (TPSA) is 4.93 Å². The van der Waals surface area contributed by atoms with E-state index in [0.717, 1.165) is 0 Å². The van der Waals surface area contributed by atoms with Gasteiger partial charge < -0.3 is 4.57 Å². The van der Waals surface area contributed by atoms with Crippen molar-refractivity contribution >= 4 is 74.1 Å². The molecule has 0 bridgehead atoms. The molecule has 192 valence electrons. The molecule has 0 amide bonds. The zero-order chi connectivity index (χ0) is 26.9. The normalized spacial score (nSPS) is 11.9. The highest BCUT2D eigenvalue weighted by Crippen LogP contribution is 2.44. The van der Waals surface area contributed by atoms with E-state index >= 15 is 0 Å². The first-order valence-corrected chi connectivity index (χ1v) is 15.5. The second-order valence-electron chi connectivity index (χ2n) is 10.5. The molecule has 0 aliphatic carbocycles. The summed E-state index contributed by atoms with van der Waals surface area (Å²) < 4.78 is 7.79. The van der Waals surface area contributed by atoms with Crippen molar-refractivity contribution in [2.24, 2.45) is 0 Å². The van der Waals surface area contributed by atoms with E-state index in [-0.39, 0.29) is 0 Å². The van der Waals surface area contributed by atoms with Gasteiger partial charge in [0.2, 0.25) is 0 Å². The minimum atomic E-state index is 1.20. The summed E-state index contributed by atoms with van der Waals surface area (Å²) in [4.78, 5) is 0. The van der Waals surface area contributed by atoms with Gasteiger partial charge in [0, 0.05) is 41.3 Å². The lowest BCUT2D eigenvalue weighted by molar-refractivity contribution is 1.19. The van der Waals surface area contributed by atoms with Gasteiger partial charge in [-0.15, -0.1) is 22.7 Å². The first-order valence-electron chi connectivity index (χ1n) is 13.9. The Morgan fingerprint density at radius 2 is 1.12 bits per heavy atom. The van der Waals surface area contributed by atoms with Crippen LogP contribution in [0.3, 0.4) is 0 Å². The molecule has 0 unspecified atom stereocenters. The van der Waals surface area contributed by atoms with Crippen LogP contribution < -0.4 is 0 Å². The lowest BCUT2D eigenvalue weighted by Gasteiger charge is -2.09. The van der Waals surface area contributed by atoms with E-state index in [4.69, 9.17) is 0 Å². The molecule has 3 heteroatoms. The number of rotatable bonds is 3. The standard InChI is InChI=1S/C38H23NS2/c1-2-12-27(13-3-1)39-33-18-6-4-15-31(33)38-36(39)32-21-20-25(23-35(32)41-38)24-10-8-11-26(22-24)28-16-9-17-30-29-14-5-7-19-34(29)40-37(28)30/h1-23H. The van der Waals surface area contributed by atoms with Gasteiger partial charge in [-0.3, -0.25) is 0 Å². The molecule has 0 radical (unpaired) electrons. The Morgan fingerprint density at radius 3 is 2.05 bits per heavy atom. The predicted molar refractivity (Wildman–Crippen MR) is 180 cm³/mol. The fraction of sp³-hybridized carbons (Fsp3) is 0. The van der Waals surface area contributed by atoms with Gasteiger partial charge in [0.15, 0.2) is 0 Å². The summed E-state index contributed by atoms with van der Waals surface area (Å²) in [7, 11) is 0. The van der Waals surface area contributed by atoms with Gasteiger partial charge in [0.1, 0.15) is 0 Å². The molecule has 9 rings (SSSR count). The zero-order valence-electron chi connectivity index (χ0n) is 22.0. The largest absolute Gasteiger partial charge is 0.308 e. The van der Waals surface area contributed by atoms with Crippen LogP contribution in [0.2, 0.25) is 0 Å². The molecule has 1 nitrogen and oxygen atoms in total. The average Bonchev–Trinajstić information content (AvgIpc) is 3.70. The van der Waals surface area contributed by atoms with E-state index < -0.39 is 0 Å². The first kappa shape index (κ1) is 23.0. The van der Waals surface area contributed by atoms with Crippen LogP contribution in [0.25, 0.3) is 79.3 Å². The molecule has 9 aromatic rings. The van der Waals surface area contributed by atoms with Gasteiger partial charge in [-0.2, -0.15) is 0 Å². The molecular weight excluding hydrogens is 535 g/mol. The second-order valence-corrected chi connectivity index (χ2v) is 12.6. The molecule has 6 aromatic carbocycles. The second kappa shape index (κ2) is 8.90. The lowest BCUT2D eigenvalue weighted by atomic mass is 9.97. The number of hydrogen-bond acceptors (Lipinski definition) is 2. The van der Waals surface area contributed by atoms with Gasteiger partial charge in [0.05, 0.1) is 15.7 Å². The smallest absolute Gasteiger partial charge is 0.0727 e. The fourth-order valence-electron chi connectivity index (χ4n) is 6.33. The number of hydrogen-bond donors (Lipinski definition) is 0. The van der Waals surface area contributed by atoms with Crippen molar-refractivity contribution in [2.75, 3.05) is 0 Å². The summed E-state index contributed by atoms with van der Waals surface area (Å²) >= 11 is 3.79. The monoisotopic (exact) mass is 557 g/mol. The van der Waals surface area contributed by atoms with Gasteiger partial charge in [0.25, 0.3) is 0 Å². The van der Waals surface area contributed by atoms with Crippen molar-refractivity contribution in [1.82, 2.24) is 4.57 Å². The van der Waals surface area contributed by atoms with Crippen LogP contribution in [-0.2, 0) is 0 Å². The van der Waals surface area contributed by atoms with E-state index in [2.05, 4.69) is 144 Å². The summed E-state index contributed by atoms with van der Waals surface area (Å²) in [5, 5.41) is 5.30. The number of thiophene rings is 2. The highest BCUT2D eigenvalue weighted by molar-refractivity contribution is 7.27. The van der Waals surface area contributed by atoms with Gasteiger partial charge in [-0.1, -0.05) is 103 Å². The zero-order valence-corrected chi connectivity index (χ0v) is 23.7. The number of aromatic nitrogens is 1. The van der Waals surface area contributed by atoms with Crippen molar-refractivity contribution in [3.8, 4) is 27.9 Å². The van der Waals surface area contributed by atoms with Crippen LogP contribution in [0, 0.1) is 0 Å². The third-order valence-electron chi connectivity index (χ3n) is 8.20. The molecule has 3 heterocycles. The van der Waals surface area contributed by atoms with Crippen LogP contribution in [0.1, 0.15) is 0 Å². The number of nitrogens with zero attached hydrogens (tertiary/aromatic N) is 1. The fourth-order valence-corrected chi connectivity index (χ4v) is 8.83. The van der Waals surface area contributed by atoms with Crippen molar-refractivity contribution in [3.05, 3.63) is 140 Å². The summed E-state index contributed by atoms with van der Waals surface area (Å²) in [6.07, 6.45) is 0. The first-order chi connectivity index (χ1) is 20.3. The molecule has 41 heavy (non-hydrogen) atoms. The third kappa shape index (κ3) is 3.46. The Morgan fingerprint density at radius 1 is 0.415 bits per heavy atom. The van der Waals surface area contributed by atoms with Crippen molar-refractivity contribution < 1.29 is 0 Å². The molecule has 0 N–H and O–H groups in total. The van der Waals surface area contributed by atoms with Crippen LogP contribution in [-0.4, -0.2) is 4.57 Å². The van der Waals surface area contributed by atoms with Crippen molar-refractivity contribution in [2.45, 2.75) is 0 Å². The number of para-hydroxylation sites is 2. The Labute approximate surface area is 245 Å². The Hall–Kier alpha value is -4.70. The van der Waals surface area contributed by atoms with Crippen LogP contribution >= 0.6 is 22.7 Å². The quantitative estimate of drug-likeness (QED) is 0.204. The van der Waals surface area contributed by atoms with Crippen molar-refractivity contribution in [1.29, 1.82) is 0 Å². The van der Waals surface area contributed by atoms with E-state index in [1.54, 1.807) is 0 Å². The predicted octanol–water partition coefficient (Wildman–Crippen LogP) is 11.7. The molecule has 0 saturated carbocycles. The SMILES string of the molecule is c1ccc(-n2c3ccccc3c3sc4cc(-c5cccc(-c6cccc7c6sc6ccccc67)c5)ccc4c32)cc1. The maximum Gasteiger partial charge on any atom is 0.0727 e. The highest BCUT2D eigenvalue weighted by atomic mass is 32.1.